The van der Waals surface area contributed by atoms with Crippen LogP contribution in [-0.4, -0.2) is 16.6 Å². The fourth-order valence-electron chi connectivity index (χ4n) is 3.18. The lowest BCUT2D eigenvalue weighted by atomic mass is 9.98. The molecule has 3 nitrogen and oxygen atoms in total. The largest absolute Gasteiger partial charge is 0.274 e. The van der Waals surface area contributed by atoms with Crippen LogP contribution in [0.1, 0.15) is 33.9 Å². The predicted molar refractivity (Wildman–Crippen MR) is 115 cm³/mol. The van der Waals surface area contributed by atoms with E-state index in [0.29, 0.717) is 12.0 Å². The quantitative estimate of drug-likeness (QED) is 0.412. The zero-order chi connectivity index (χ0) is 19.7. The SMILES string of the molecule is O=C(c1ccc(Br)cc1)N1N=C(c2ccc(Br)cc2)C[C@H]1c1ccc(F)cc1. The Morgan fingerprint density at radius 2 is 1.46 bits per heavy atom. The van der Waals surface area contributed by atoms with Crippen LogP contribution in [0.2, 0.25) is 0 Å². The fraction of sp³-hybridized carbons (Fsp3) is 0.0909. The molecular weight excluding hydrogens is 487 g/mol. The van der Waals surface area contributed by atoms with E-state index in [-0.39, 0.29) is 17.8 Å². The third-order valence-corrected chi connectivity index (χ3v) is 5.70. The van der Waals surface area contributed by atoms with E-state index >= 15 is 0 Å². The van der Waals surface area contributed by atoms with E-state index in [9.17, 15) is 9.18 Å². The topological polar surface area (TPSA) is 32.7 Å². The molecule has 0 saturated carbocycles. The van der Waals surface area contributed by atoms with Gasteiger partial charge in [-0.25, -0.2) is 9.40 Å². The fourth-order valence-corrected chi connectivity index (χ4v) is 3.71. The molecule has 0 aromatic heterocycles. The summed E-state index contributed by atoms with van der Waals surface area (Å²) in [5, 5.41) is 6.15. The van der Waals surface area contributed by atoms with Crippen LogP contribution < -0.4 is 0 Å². The van der Waals surface area contributed by atoms with Crippen molar-refractivity contribution >= 4 is 43.5 Å². The molecule has 0 aliphatic carbocycles. The Kier molecular flexibility index (Phi) is 5.42. The average Bonchev–Trinajstić information content (AvgIpc) is 3.14. The van der Waals surface area contributed by atoms with E-state index in [4.69, 9.17) is 0 Å². The van der Waals surface area contributed by atoms with Gasteiger partial charge in [0.15, 0.2) is 0 Å². The van der Waals surface area contributed by atoms with Crippen LogP contribution in [-0.2, 0) is 0 Å². The van der Waals surface area contributed by atoms with E-state index < -0.39 is 0 Å². The van der Waals surface area contributed by atoms with Crippen LogP contribution in [0.4, 0.5) is 4.39 Å². The molecule has 1 amide bonds. The zero-order valence-corrected chi connectivity index (χ0v) is 17.8. The molecule has 0 fully saturated rings. The van der Waals surface area contributed by atoms with E-state index in [2.05, 4.69) is 37.0 Å². The van der Waals surface area contributed by atoms with Gasteiger partial charge in [0.05, 0.1) is 11.8 Å². The van der Waals surface area contributed by atoms with Crippen molar-refractivity contribution in [1.82, 2.24) is 5.01 Å². The number of hydrogen-bond acceptors (Lipinski definition) is 2. The minimum atomic E-state index is -0.304. The van der Waals surface area contributed by atoms with E-state index in [1.165, 1.54) is 17.1 Å². The summed E-state index contributed by atoms with van der Waals surface area (Å²) in [4.78, 5) is 13.2. The van der Waals surface area contributed by atoms with Crippen LogP contribution in [0, 0.1) is 5.82 Å². The molecule has 0 unspecified atom stereocenters. The molecule has 28 heavy (non-hydrogen) atoms. The molecule has 140 valence electrons. The average molecular weight is 502 g/mol. The third-order valence-electron chi connectivity index (χ3n) is 4.64. The van der Waals surface area contributed by atoms with Crippen LogP contribution >= 0.6 is 31.9 Å². The number of rotatable bonds is 3. The van der Waals surface area contributed by atoms with Gasteiger partial charge in [-0.15, -0.1) is 0 Å². The van der Waals surface area contributed by atoms with Crippen molar-refractivity contribution in [2.24, 2.45) is 5.10 Å². The second-order valence-corrected chi connectivity index (χ2v) is 8.31. The van der Waals surface area contributed by atoms with Crippen molar-refractivity contribution < 1.29 is 9.18 Å². The minimum Gasteiger partial charge on any atom is -0.267 e. The molecule has 1 aliphatic rings. The Labute approximate surface area is 179 Å². The molecular formula is C22H15Br2FN2O. The van der Waals surface area contributed by atoms with Gasteiger partial charge in [-0.1, -0.05) is 56.1 Å². The zero-order valence-electron chi connectivity index (χ0n) is 14.6. The number of carbonyl (C=O) groups is 1. The van der Waals surface area contributed by atoms with Gasteiger partial charge in [-0.05, 0) is 59.7 Å². The molecule has 3 aromatic rings. The summed E-state index contributed by atoms with van der Waals surface area (Å²) in [6, 6.07) is 21.0. The lowest BCUT2D eigenvalue weighted by molar-refractivity contribution is 0.0711. The first-order valence-electron chi connectivity index (χ1n) is 8.69. The van der Waals surface area contributed by atoms with E-state index in [0.717, 1.165) is 25.8 Å². The summed E-state index contributed by atoms with van der Waals surface area (Å²) in [6.07, 6.45) is 0.565. The van der Waals surface area contributed by atoms with Crippen LogP contribution in [0.3, 0.4) is 0 Å². The molecule has 4 rings (SSSR count). The highest BCUT2D eigenvalue weighted by Crippen LogP contribution is 2.34. The molecule has 6 heteroatoms. The molecule has 0 radical (unpaired) electrons. The molecule has 0 spiro atoms. The highest BCUT2D eigenvalue weighted by atomic mass is 79.9. The van der Waals surface area contributed by atoms with Gasteiger partial charge in [0, 0.05) is 20.9 Å². The maximum absolute atomic E-state index is 13.4. The van der Waals surface area contributed by atoms with Crippen molar-refractivity contribution in [2.45, 2.75) is 12.5 Å². The van der Waals surface area contributed by atoms with Gasteiger partial charge in [-0.2, -0.15) is 5.10 Å². The molecule has 1 heterocycles. The predicted octanol–water partition coefficient (Wildman–Crippen LogP) is 6.34. The maximum Gasteiger partial charge on any atom is 0.274 e. The van der Waals surface area contributed by atoms with Crippen molar-refractivity contribution in [3.05, 3.63) is 104 Å². The Morgan fingerprint density at radius 1 is 0.893 bits per heavy atom. The number of carbonyl (C=O) groups excluding carboxylic acids is 1. The second kappa shape index (κ2) is 7.97. The van der Waals surface area contributed by atoms with Crippen LogP contribution in [0.25, 0.3) is 0 Å². The van der Waals surface area contributed by atoms with Crippen LogP contribution in [0.15, 0.2) is 86.8 Å². The highest BCUT2D eigenvalue weighted by Gasteiger charge is 2.33. The van der Waals surface area contributed by atoms with Gasteiger partial charge < -0.3 is 0 Å². The number of hydrogen-bond donors (Lipinski definition) is 0. The third kappa shape index (κ3) is 3.93. The molecule has 3 aromatic carbocycles. The summed E-state index contributed by atoms with van der Waals surface area (Å²) in [5.41, 5.74) is 3.19. The molecule has 1 atom stereocenters. The Hall–Kier alpha value is -2.31. The molecule has 0 bridgehead atoms. The standard InChI is InChI=1S/C22H15Br2FN2O/c23-17-7-1-14(2-8-17)20-13-21(15-5-11-19(25)12-6-15)27(26-20)22(28)16-3-9-18(24)10-4-16/h1-12,21H,13H2/t21-/m0/s1. The smallest absolute Gasteiger partial charge is 0.267 e. The Balaban J connectivity index is 1.72. The first-order valence-corrected chi connectivity index (χ1v) is 10.3. The number of benzene rings is 3. The summed E-state index contributed by atoms with van der Waals surface area (Å²) >= 11 is 6.82. The van der Waals surface area contributed by atoms with Crippen molar-refractivity contribution in [1.29, 1.82) is 0 Å². The summed E-state index contributed by atoms with van der Waals surface area (Å²) in [7, 11) is 0. The van der Waals surface area contributed by atoms with Crippen molar-refractivity contribution in [3.8, 4) is 0 Å². The monoisotopic (exact) mass is 500 g/mol. The van der Waals surface area contributed by atoms with Gasteiger partial charge >= 0.3 is 0 Å². The molecule has 0 N–H and O–H groups in total. The lowest BCUT2D eigenvalue weighted by Gasteiger charge is -2.22. The minimum absolute atomic E-state index is 0.186. The number of hydrazone groups is 1. The Morgan fingerprint density at radius 3 is 2.07 bits per heavy atom. The first-order chi connectivity index (χ1) is 13.5. The summed E-state index contributed by atoms with van der Waals surface area (Å²) in [6.45, 7) is 0. The molecule has 1 aliphatic heterocycles. The number of halogens is 3. The lowest BCUT2D eigenvalue weighted by Crippen LogP contribution is -2.27. The summed E-state index contributed by atoms with van der Waals surface area (Å²) < 4.78 is 15.3. The van der Waals surface area contributed by atoms with Crippen LogP contribution in [0.5, 0.6) is 0 Å². The summed E-state index contributed by atoms with van der Waals surface area (Å²) in [5.74, 6) is -0.490. The molecule has 0 saturated heterocycles. The van der Waals surface area contributed by atoms with Crippen molar-refractivity contribution in [2.75, 3.05) is 0 Å². The van der Waals surface area contributed by atoms with E-state index in [1.807, 2.05) is 36.4 Å². The first kappa shape index (κ1) is 19.0. The normalized spacial score (nSPS) is 16.2. The number of amides is 1. The van der Waals surface area contributed by atoms with Gasteiger partial charge in [0.2, 0.25) is 0 Å². The van der Waals surface area contributed by atoms with E-state index in [1.54, 1.807) is 24.3 Å². The van der Waals surface area contributed by atoms with Gasteiger partial charge in [0.1, 0.15) is 5.82 Å². The Bertz CT molecular complexity index is 1030. The van der Waals surface area contributed by atoms with Crippen molar-refractivity contribution in [3.63, 3.8) is 0 Å². The number of nitrogens with zero attached hydrogens (tertiary/aromatic N) is 2. The van der Waals surface area contributed by atoms with Gasteiger partial charge in [-0.3, -0.25) is 4.79 Å². The van der Waals surface area contributed by atoms with Gasteiger partial charge in [0.25, 0.3) is 5.91 Å². The highest BCUT2D eigenvalue weighted by molar-refractivity contribution is 9.10. The second-order valence-electron chi connectivity index (χ2n) is 6.48. The maximum atomic E-state index is 13.4.